The molecule has 3 aromatic rings. The first kappa shape index (κ1) is 20.1. The van der Waals surface area contributed by atoms with Crippen LogP contribution in [0.1, 0.15) is 41.9 Å². The molecule has 6 heteroatoms. The van der Waals surface area contributed by atoms with Gasteiger partial charge in [-0.15, -0.1) is 0 Å². The van der Waals surface area contributed by atoms with Gasteiger partial charge in [0, 0.05) is 60.6 Å². The number of rotatable bonds is 5. The number of fused-ring (bicyclic) bond motifs is 1. The summed E-state index contributed by atoms with van der Waals surface area (Å²) in [6, 6.07) is 15.8. The molecule has 1 saturated carbocycles. The highest BCUT2D eigenvalue weighted by atomic mass is 16.1. The summed E-state index contributed by atoms with van der Waals surface area (Å²) in [4.78, 5) is 21.4. The van der Waals surface area contributed by atoms with Crippen molar-refractivity contribution in [1.29, 1.82) is 0 Å². The zero-order valence-electron chi connectivity index (χ0n) is 18.6. The van der Waals surface area contributed by atoms with Gasteiger partial charge < -0.3 is 19.7 Å². The van der Waals surface area contributed by atoms with E-state index in [0.29, 0.717) is 12.1 Å². The van der Waals surface area contributed by atoms with Gasteiger partial charge in [0.2, 0.25) is 0 Å². The number of aryl methyl sites for hydroxylation is 1. The Bertz CT molecular complexity index is 1090. The van der Waals surface area contributed by atoms with Crippen molar-refractivity contribution in [2.24, 2.45) is 0 Å². The van der Waals surface area contributed by atoms with Crippen LogP contribution in [0.5, 0.6) is 0 Å². The summed E-state index contributed by atoms with van der Waals surface area (Å²) in [7, 11) is 2.05. The first-order valence-electron chi connectivity index (χ1n) is 11.3. The first-order chi connectivity index (χ1) is 15.0. The summed E-state index contributed by atoms with van der Waals surface area (Å²) >= 11 is 0. The fourth-order valence-electron chi connectivity index (χ4n) is 4.99. The van der Waals surface area contributed by atoms with Crippen molar-refractivity contribution in [3.63, 3.8) is 0 Å². The summed E-state index contributed by atoms with van der Waals surface area (Å²) in [5.41, 5.74) is 4.38. The largest absolute Gasteiger partial charge is 0.368 e. The van der Waals surface area contributed by atoms with Crippen LogP contribution >= 0.6 is 0 Å². The van der Waals surface area contributed by atoms with E-state index in [9.17, 15) is 4.79 Å². The van der Waals surface area contributed by atoms with E-state index in [2.05, 4.69) is 64.0 Å². The van der Waals surface area contributed by atoms with Crippen LogP contribution in [0.25, 0.3) is 11.0 Å². The number of Topliss-reactive ketones (excluding diaryl/α,β-unsaturated/α-hetero) is 1. The Hall–Kier alpha value is -2.86. The topological polar surface area (TPSA) is 53.4 Å². The van der Waals surface area contributed by atoms with Crippen LogP contribution in [0.3, 0.4) is 0 Å². The van der Waals surface area contributed by atoms with E-state index in [1.807, 2.05) is 12.1 Å². The molecule has 0 radical (unpaired) electrons. The van der Waals surface area contributed by atoms with E-state index in [1.54, 1.807) is 6.92 Å². The number of nitrogens with zero attached hydrogens (tertiary/aromatic N) is 4. The Morgan fingerprint density at radius 1 is 1.00 bits per heavy atom. The van der Waals surface area contributed by atoms with Crippen molar-refractivity contribution < 1.29 is 4.79 Å². The maximum atomic E-state index is 11.5. The molecule has 0 bridgehead atoms. The van der Waals surface area contributed by atoms with E-state index in [-0.39, 0.29) is 5.78 Å². The van der Waals surface area contributed by atoms with Gasteiger partial charge in [0.1, 0.15) is 11.5 Å². The molecule has 2 aliphatic rings. The highest BCUT2D eigenvalue weighted by molar-refractivity contribution is 5.94. The lowest BCUT2D eigenvalue weighted by Gasteiger charge is -2.38. The van der Waals surface area contributed by atoms with Crippen LogP contribution in [0.15, 0.2) is 42.5 Å². The molecule has 2 aromatic heterocycles. The van der Waals surface area contributed by atoms with Crippen molar-refractivity contribution in [1.82, 2.24) is 14.9 Å². The zero-order chi connectivity index (χ0) is 21.5. The van der Waals surface area contributed by atoms with Gasteiger partial charge in [0.25, 0.3) is 0 Å². The molecule has 5 rings (SSSR count). The Morgan fingerprint density at radius 2 is 1.68 bits per heavy atom. The van der Waals surface area contributed by atoms with Gasteiger partial charge in [0.15, 0.2) is 5.78 Å². The summed E-state index contributed by atoms with van der Waals surface area (Å²) < 4.78 is 2.44. The molecular formula is C25H31N5O. The maximum absolute atomic E-state index is 11.5. The van der Waals surface area contributed by atoms with Crippen LogP contribution < -0.4 is 15.1 Å². The second-order valence-electron chi connectivity index (χ2n) is 8.93. The lowest BCUT2D eigenvalue weighted by Crippen LogP contribution is -2.46. The minimum absolute atomic E-state index is 0.112. The summed E-state index contributed by atoms with van der Waals surface area (Å²) in [5.74, 6) is 1.18. The average molecular weight is 418 g/mol. The molecule has 1 saturated heterocycles. The number of benzene rings is 1. The van der Waals surface area contributed by atoms with E-state index in [1.165, 1.54) is 29.6 Å². The molecule has 1 aliphatic heterocycles. The molecule has 1 N–H and O–H groups in total. The fourth-order valence-corrected chi connectivity index (χ4v) is 4.99. The molecule has 3 heterocycles. The third kappa shape index (κ3) is 3.69. The molecule has 0 atom stereocenters. The number of pyridine rings is 1. The third-order valence-electron chi connectivity index (χ3n) is 6.99. The van der Waals surface area contributed by atoms with Gasteiger partial charge in [-0.25, -0.2) is 4.98 Å². The molecular weight excluding hydrogens is 386 g/mol. The number of hydrogen-bond donors (Lipinski definition) is 1. The van der Waals surface area contributed by atoms with Gasteiger partial charge in [0.05, 0.1) is 0 Å². The van der Waals surface area contributed by atoms with Crippen LogP contribution in [-0.2, 0) is 0 Å². The van der Waals surface area contributed by atoms with Gasteiger partial charge in [-0.1, -0.05) is 0 Å². The number of carbonyl (C=O) groups excluding carboxylic acids is 1. The predicted molar refractivity (Wildman–Crippen MR) is 126 cm³/mol. The van der Waals surface area contributed by atoms with Crippen LogP contribution in [-0.4, -0.2) is 54.6 Å². The number of carbonyl (C=O) groups is 1. The molecule has 0 spiro atoms. The lowest BCUT2D eigenvalue weighted by molar-refractivity contribution is 0.101. The number of piperazine rings is 1. The smallest absolute Gasteiger partial charge is 0.159 e. The number of aromatic nitrogens is 2. The second-order valence-corrected chi connectivity index (χ2v) is 8.93. The predicted octanol–water partition coefficient (Wildman–Crippen LogP) is 3.80. The molecule has 162 valence electrons. The van der Waals surface area contributed by atoms with Crippen molar-refractivity contribution in [3.8, 4) is 0 Å². The quantitative estimate of drug-likeness (QED) is 0.640. The van der Waals surface area contributed by atoms with Crippen LogP contribution in [0.2, 0.25) is 0 Å². The Labute approximate surface area is 183 Å². The second kappa shape index (κ2) is 8.00. The molecule has 1 aliphatic carbocycles. The van der Waals surface area contributed by atoms with E-state index >= 15 is 0 Å². The molecule has 6 nitrogen and oxygen atoms in total. The van der Waals surface area contributed by atoms with Crippen LogP contribution in [0, 0.1) is 6.92 Å². The monoisotopic (exact) mass is 417 g/mol. The number of ketones is 1. The van der Waals surface area contributed by atoms with E-state index < -0.39 is 0 Å². The highest BCUT2D eigenvalue weighted by Crippen LogP contribution is 2.36. The first-order valence-corrected chi connectivity index (χ1v) is 11.3. The molecule has 1 aromatic carbocycles. The molecule has 0 unspecified atom stereocenters. The Balaban J connectivity index is 1.31. The Morgan fingerprint density at radius 3 is 2.32 bits per heavy atom. The SMILES string of the molecule is CN[C@H]1C[C@H](n2c(C)cc3ccc(N4CCN(c5ccc(C(C)=O)cc5)CC4)nc32)C1. The highest BCUT2D eigenvalue weighted by Gasteiger charge is 2.31. The molecule has 0 amide bonds. The third-order valence-corrected chi connectivity index (χ3v) is 6.99. The lowest BCUT2D eigenvalue weighted by atomic mass is 9.86. The van der Waals surface area contributed by atoms with E-state index in [0.717, 1.165) is 43.2 Å². The van der Waals surface area contributed by atoms with Gasteiger partial charge in [-0.2, -0.15) is 0 Å². The number of nitrogens with one attached hydrogen (secondary N) is 1. The molecule has 2 fully saturated rings. The Kier molecular flexibility index (Phi) is 5.18. The summed E-state index contributed by atoms with van der Waals surface area (Å²) in [5, 5.41) is 4.62. The molecule has 31 heavy (non-hydrogen) atoms. The van der Waals surface area contributed by atoms with Gasteiger partial charge in [-0.05, 0) is 76.2 Å². The summed E-state index contributed by atoms with van der Waals surface area (Å²) in [6.45, 7) is 7.59. The standard InChI is InChI=1S/C25H31N5O/c1-17-14-20-6-9-24(27-25(20)30(17)23-15-21(16-23)26-3)29-12-10-28(11-13-29)22-7-4-19(5-8-22)18(2)31/h4-9,14,21,23,26H,10-13,15-16H2,1-3H3/t21-,23-. The summed E-state index contributed by atoms with van der Waals surface area (Å²) in [6.07, 6.45) is 2.35. The average Bonchev–Trinajstić information content (AvgIpc) is 3.08. The van der Waals surface area contributed by atoms with Crippen molar-refractivity contribution >= 4 is 28.3 Å². The number of anilines is 2. The van der Waals surface area contributed by atoms with Crippen molar-refractivity contribution in [2.75, 3.05) is 43.0 Å². The van der Waals surface area contributed by atoms with Gasteiger partial charge in [-0.3, -0.25) is 4.79 Å². The van der Waals surface area contributed by atoms with Crippen molar-refractivity contribution in [2.45, 2.75) is 38.8 Å². The maximum Gasteiger partial charge on any atom is 0.159 e. The fraction of sp³-hybridized carbons (Fsp3) is 0.440. The van der Waals surface area contributed by atoms with Crippen LogP contribution in [0.4, 0.5) is 11.5 Å². The normalized spacial score (nSPS) is 21.4. The minimum Gasteiger partial charge on any atom is -0.368 e. The van der Waals surface area contributed by atoms with Gasteiger partial charge >= 0.3 is 0 Å². The zero-order valence-corrected chi connectivity index (χ0v) is 18.6. The van der Waals surface area contributed by atoms with E-state index in [4.69, 9.17) is 4.98 Å². The number of hydrogen-bond acceptors (Lipinski definition) is 5. The van der Waals surface area contributed by atoms with Crippen molar-refractivity contribution in [3.05, 3.63) is 53.7 Å². The minimum atomic E-state index is 0.112.